The summed E-state index contributed by atoms with van der Waals surface area (Å²) in [5.41, 5.74) is -0.0655. The van der Waals surface area contributed by atoms with Crippen molar-refractivity contribution in [2.75, 3.05) is 5.32 Å². The standard InChI is InChI=1S/C20H25FN2O3/c1-10(17(24)22-12-7-5-11(21)6-8-12)13-9-20(15-14(13)16(15)20)23-18(25)26-19(2,3)4/h5-8,10,13-16H,9H2,1-4H3,(H,22,24)(H,23,25)/t10-,13?,14?,15?,16?,20?/m1/s1. The van der Waals surface area contributed by atoms with Crippen LogP contribution in [-0.2, 0) is 9.53 Å². The number of alkyl carbamates (subject to hydrolysis) is 1. The van der Waals surface area contributed by atoms with Gasteiger partial charge in [-0.1, -0.05) is 6.92 Å². The van der Waals surface area contributed by atoms with Crippen molar-refractivity contribution < 1.29 is 18.7 Å². The van der Waals surface area contributed by atoms with E-state index in [4.69, 9.17) is 4.74 Å². The second-order valence-electron chi connectivity index (χ2n) is 8.95. The first-order valence-electron chi connectivity index (χ1n) is 9.20. The van der Waals surface area contributed by atoms with E-state index in [9.17, 15) is 14.0 Å². The van der Waals surface area contributed by atoms with Gasteiger partial charge in [0.2, 0.25) is 5.91 Å². The Kier molecular flexibility index (Phi) is 3.62. The molecule has 4 aliphatic carbocycles. The van der Waals surface area contributed by atoms with Crippen LogP contribution in [0.1, 0.15) is 34.1 Å². The molecular formula is C20H25FN2O3. The molecule has 0 saturated heterocycles. The maximum absolute atomic E-state index is 13.0. The lowest BCUT2D eigenvalue weighted by Crippen LogP contribution is -2.43. The van der Waals surface area contributed by atoms with Gasteiger partial charge in [0.15, 0.2) is 0 Å². The summed E-state index contributed by atoms with van der Waals surface area (Å²) in [5, 5.41) is 5.92. The number of fused-ring (bicyclic) bond motifs is 1. The molecule has 5 nitrogen and oxygen atoms in total. The molecule has 1 aromatic rings. The van der Waals surface area contributed by atoms with Crippen molar-refractivity contribution in [3.8, 4) is 0 Å². The number of carbonyl (C=O) groups is 2. The highest BCUT2D eigenvalue weighted by Gasteiger charge is 2.91. The van der Waals surface area contributed by atoms with Crippen LogP contribution in [0.4, 0.5) is 14.9 Å². The molecule has 3 unspecified atom stereocenters. The van der Waals surface area contributed by atoms with Gasteiger partial charge in [0.1, 0.15) is 11.4 Å². The summed E-state index contributed by atoms with van der Waals surface area (Å²) in [6.45, 7) is 7.48. The Morgan fingerprint density at radius 3 is 2.42 bits per heavy atom. The van der Waals surface area contributed by atoms with E-state index in [0.29, 0.717) is 23.4 Å². The lowest BCUT2D eigenvalue weighted by atomic mass is 9.90. The summed E-state index contributed by atoms with van der Waals surface area (Å²) in [6, 6.07) is 5.78. The maximum Gasteiger partial charge on any atom is 0.408 e. The number of halogens is 1. The van der Waals surface area contributed by atoms with E-state index in [1.165, 1.54) is 12.1 Å². The SMILES string of the molecule is C[C@@H](C(=O)Nc1ccc(F)cc1)C1CC2(NC(=O)OC(C)(C)C)C3C1C32. The Morgan fingerprint density at radius 1 is 1.23 bits per heavy atom. The van der Waals surface area contributed by atoms with Crippen molar-refractivity contribution in [2.24, 2.45) is 29.6 Å². The van der Waals surface area contributed by atoms with E-state index >= 15 is 0 Å². The molecule has 4 saturated carbocycles. The van der Waals surface area contributed by atoms with Crippen LogP contribution in [0.3, 0.4) is 0 Å². The molecule has 0 radical (unpaired) electrons. The Hall–Kier alpha value is -2.11. The van der Waals surface area contributed by atoms with Crippen LogP contribution < -0.4 is 10.6 Å². The average Bonchev–Trinajstić information content (AvgIpc) is 3.35. The van der Waals surface area contributed by atoms with Crippen LogP contribution in [-0.4, -0.2) is 23.1 Å². The zero-order valence-corrected chi connectivity index (χ0v) is 15.5. The molecule has 1 aromatic carbocycles. The second kappa shape index (κ2) is 5.44. The molecule has 4 atom stereocenters. The summed E-state index contributed by atoms with van der Waals surface area (Å²) in [7, 11) is 0. The molecule has 2 bridgehead atoms. The van der Waals surface area contributed by atoms with Gasteiger partial charge in [-0.15, -0.1) is 0 Å². The first-order chi connectivity index (χ1) is 12.1. The first-order valence-corrected chi connectivity index (χ1v) is 9.20. The molecule has 26 heavy (non-hydrogen) atoms. The normalized spacial score (nSPS) is 34.5. The van der Waals surface area contributed by atoms with E-state index in [2.05, 4.69) is 10.6 Å². The van der Waals surface area contributed by atoms with Crippen molar-refractivity contribution in [2.45, 2.75) is 45.3 Å². The molecule has 0 aliphatic heterocycles. The molecule has 0 aromatic heterocycles. The predicted molar refractivity (Wildman–Crippen MR) is 94.9 cm³/mol. The Balaban J connectivity index is 1.34. The van der Waals surface area contributed by atoms with E-state index in [1.54, 1.807) is 12.1 Å². The predicted octanol–water partition coefficient (Wildman–Crippen LogP) is 3.56. The highest BCUT2D eigenvalue weighted by molar-refractivity contribution is 5.92. The Morgan fingerprint density at radius 2 is 1.85 bits per heavy atom. The number of nitrogens with one attached hydrogen (secondary N) is 2. The maximum atomic E-state index is 13.0. The fraction of sp³-hybridized carbons (Fsp3) is 0.600. The number of benzene rings is 1. The van der Waals surface area contributed by atoms with Crippen LogP contribution in [0.15, 0.2) is 24.3 Å². The third kappa shape index (κ3) is 2.75. The average molecular weight is 360 g/mol. The summed E-state index contributed by atoms with van der Waals surface area (Å²) in [4.78, 5) is 24.6. The lowest BCUT2D eigenvalue weighted by Gasteiger charge is -2.24. The molecule has 140 valence electrons. The Labute approximate surface area is 152 Å². The van der Waals surface area contributed by atoms with Crippen molar-refractivity contribution in [1.82, 2.24) is 5.32 Å². The topological polar surface area (TPSA) is 67.4 Å². The highest BCUT2D eigenvalue weighted by atomic mass is 19.1. The summed E-state index contributed by atoms with van der Waals surface area (Å²) in [6.07, 6.45) is 0.456. The number of hydrogen-bond acceptors (Lipinski definition) is 3. The zero-order valence-electron chi connectivity index (χ0n) is 15.5. The smallest absolute Gasteiger partial charge is 0.408 e. The van der Waals surface area contributed by atoms with Crippen LogP contribution >= 0.6 is 0 Å². The molecule has 5 rings (SSSR count). The number of hydrogen-bond donors (Lipinski definition) is 2. The number of carbonyl (C=O) groups excluding carboxylic acids is 2. The van der Waals surface area contributed by atoms with Gasteiger partial charge in [-0.3, -0.25) is 4.79 Å². The van der Waals surface area contributed by atoms with Crippen LogP contribution in [0.25, 0.3) is 0 Å². The van der Waals surface area contributed by atoms with Crippen molar-refractivity contribution in [3.63, 3.8) is 0 Å². The van der Waals surface area contributed by atoms with Gasteiger partial charge in [0, 0.05) is 11.6 Å². The van der Waals surface area contributed by atoms with E-state index in [1.807, 2.05) is 27.7 Å². The number of rotatable bonds is 4. The summed E-state index contributed by atoms with van der Waals surface area (Å²) < 4.78 is 18.4. The van der Waals surface area contributed by atoms with Gasteiger partial charge in [-0.05, 0) is 75.1 Å². The molecule has 0 spiro atoms. The second-order valence-corrected chi connectivity index (χ2v) is 8.95. The fourth-order valence-electron chi connectivity index (χ4n) is 4.94. The van der Waals surface area contributed by atoms with Crippen LogP contribution in [0.2, 0.25) is 0 Å². The summed E-state index contributed by atoms with van der Waals surface area (Å²) in [5.74, 6) is 1.26. The van der Waals surface area contributed by atoms with Gasteiger partial charge < -0.3 is 15.4 Å². The van der Waals surface area contributed by atoms with Crippen LogP contribution in [0.5, 0.6) is 0 Å². The first kappa shape index (κ1) is 17.3. The fourth-order valence-corrected chi connectivity index (χ4v) is 4.94. The third-order valence-electron chi connectivity index (χ3n) is 6.12. The highest BCUT2D eigenvalue weighted by Crippen LogP contribution is 2.86. The molecule has 0 heterocycles. The van der Waals surface area contributed by atoms with Gasteiger partial charge >= 0.3 is 6.09 Å². The largest absolute Gasteiger partial charge is 0.444 e. The molecular weight excluding hydrogens is 335 g/mol. The number of anilines is 1. The van der Waals surface area contributed by atoms with E-state index in [0.717, 1.165) is 6.42 Å². The minimum atomic E-state index is -0.514. The number of ether oxygens (including phenoxy) is 1. The lowest BCUT2D eigenvalue weighted by molar-refractivity contribution is -0.121. The van der Waals surface area contributed by atoms with Crippen molar-refractivity contribution in [1.29, 1.82) is 0 Å². The molecule has 4 aliphatic rings. The minimum Gasteiger partial charge on any atom is -0.444 e. The minimum absolute atomic E-state index is 0.0547. The van der Waals surface area contributed by atoms with Crippen LogP contribution in [0, 0.1) is 35.4 Å². The van der Waals surface area contributed by atoms with Gasteiger partial charge in [0.25, 0.3) is 0 Å². The third-order valence-corrected chi connectivity index (χ3v) is 6.12. The molecule has 2 N–H and O–H groups in total. The molecule has 2 amide bonds. The zero-order chi connectivity index (χ0) is 18.9. The van der Waals surface area contributed by atoms with Crippen molar-refractivity contribution in [3.05, 3.63) is 30.1 Å². The number of amides is 2. The quantitative estimate of drug-likeness (QED) is 0.863. The summed E-state index contributed by atoms with van der Waals surface area (Å²) >= 11 is 0. The molecule has 4 fully saturated rings. The van der Waals surface area contributed by atoms with E-state index < -0.39 is 5.60 Å². The van der Waals surface area contributed by atoms with Gasteiger partial charge in [-0.25, -0.2) is 9.18 Å². The van der Waals surface area contributed by atoms with Crippen molar-refractivity contribution >= 4 is 17.7 Å². The van der Waals surface area contributed by atoms with E-state index in [-0.39, 0.29) is 35.2 Å². The molecule has 6 heteroatoms. The van der Waals surface area contributed by atoms with Gasteiger partial charge in [0.05, 0.1) is 5.54 Å². The Bertz CT molecular complexity index is 745. The monoisotopic (exact) mass is 360 g/mol. The van der Waals surface area contributed by atoms with Gasteiger partial charge in [-0.2, -0.15) is 0 Å².